The van der Waals surface area contributed by atoms with Crippen molar-refractivity contribution >= 4 is 49.1 Å². The minimum atomic E-state index is 0.129. The van der Waals surface area contributed by atoms with Crippen molar-refractivity contribution in [2.45, 2.75) is 27.2 Å². The van der Waals surface area contributed by atoms with Gasteiger partial charge in [0.1, 0.15) is 0 Å². The summed E-state index contributed by atoms with van der Waals surface area (Å²) in [6, 6.07) is 1.89. The molecule has 0 N–H and O–H groups in total. The van der Waals surface area contributed by atoms with E-state index in [4.69, 9.17) is 0 Å². The molecule has 1 unspecified atom stereocenters. The maximum atomic E-state index is 12.3. The second kappa shape index (κ2) is 6.90. The smallest absolute Gasteiger partial charge is 0.263 e. The van der Waals surface area contributed by atoms with E-state index in [9.17, 15) is 4.79 Å². The summed E-state index contributed by atoms with van der Waals surface area (Å²) in [6.07, 6.45) is 1.10. The molecule has 0 aromatic carbocycles. The molecule has 0 aliphatic rings. The Labute approximate surface area is 124 Å². The quantitative estimate of drug-likeness (QED) is 0.717. The molecule has 2 nitrogen and oxygen atoms in total. The number of amides is 1. The predicted molar refractivity (Wildman–Crippen MR) is 80.8 cm³/mol. The van der Waals surface area contributed by atoms with Gasteiger partial charge in [0.2, 0.25) is 0 Å². The van der Waals surface area contributed by atoms with Gasteiger partial charge in [0.15, 0.2) is 0 Å². The van der Waals surface area contributed by atoms with Gasteiger partial charge in [0.05, 0.1) is 8.66 Å². The molecule has 1 heterocycles. The molecule has 1 aromatic rings. The highest BCUT2D eigenvalue weighted by Crippen LogP contribution is 2.33. The molecule has 0 saturated heterocycles. The third-order valence-corrected chi connectivity index (χ3v) is 6.00. The molecule has 0 fully saturated rings. The minimum absolute atomic E-state index is 0.129. The summed E-state index contributed by atoms with van der Waals surface area (Å²) in [6.45, 7) is 7.95. The van der Waals surface area contributed by atoms with Crippen molar-refractivity contribution in [3.63, 3.8) is 0 Å². The summed E-state index contributed by atoms with van der Waals surface area (Å²) in [4.78, 5) is 15.0. The summed E-state index contributed by atoms with van der Waals surface area (Å²) >= 11 is 8.31. The van der Waals surface area contributed by atoms with Crippen LogP contribution < -0.4 is 0 Å². The Bertz CT molecular complexity index is 372. The van der Waals surface area contributed by atoms with E-state index >= 15 is 0 Å². The molecular formula is C12H17Br2NOS. The molecule has 0 saturated carbocycles. The van der Waals surface area contributed by atoms with Crippen molar-refractivity contribution in [1.82, 2.24) is 4.90 Å². The summed E-state index contributed by atoms with van der Waals surface area (Å²) in [7, 11) is 0. The number of thiophene rings is 1. The average Bonchev–Trinajstić information content (AvgIpc) is 2.65. The van der Waals surface area contributed by atoms with Gasteiger partial charge >= 0.3 is 0 Å². The highest BCUT2D eigenvalue weighted by molar-refractivity contribution is 9.13. The fourth-order valence-electron chi connectivity index (χ4n) is 1.47. The van der Waals surface area contributed by atoms with Crippen LogP contribution >= 0.6 is 43.2 Å². The van der Waals surface area contributed by atoms with Crippen LogP contribution in [0, 0.1) is 5.92 Å². The first kappa shape index (κ1) is 15.2. The molecule has 0 radical (unpaired) electrons. The third kappa shape index (κ3) is 4.07. The molecule has 0 bridgehead atoms. The molecule has 1 amide bonds. The van der Waals surface area contributed by atoms with Crippen LogP contribution in [-0.4, -0.2) is 23.9 Å². The predicted octanol–water partition coefficient (Wildman–Crippen LogP) is 4.78. The van der Waals surface area contributed by atoms with Gasteiger partial charge < -0.3 is 4.90 Å². The number of halogens is 2. The molecule has 96 valence electrons. The lowest BCUT2D eigenvalue weighted by atomic mass is 10.1. The van der Waals surface area contributed by atoms with E-state index in [1.165, 1.54) is 11.3 Å². The standard InChI is InChI=1S/C12H17Br2NOS/c1-4-8(3)7-15(5-2)12(16)10-6-9(13)11(14)17-10/h6,8H,4-5,7H2,1-3H3. The monoisotopic (exact) mass is 381 g/mol. The molecule has 1 aromatic heterocycles. The fraction of sp³-hybridized carbons (Fsp3) is 0.583. The number of hydrogen-bond acceptors (Lipinski definition) is 2. The van der Waals surface area contributed by atoms with E-state index < -0.39 is 0 Å². The molecule has 1 rings (SSSR count). The van der Waals surface area contributed by atoms with Crippen molar-refractivity contribution in [3.8, 4) is 0 Å². The number of nitrogens with zero attached hydrogens (tertiary/aromatic N) is 1. The topological polar surface area (TPSA) is 20.3 Å². The van der Waals surface area contributed by atoms with Gasteiger partial charge in [0.25, 0.3) is 5.91 Å². The Balaban J connectivity index is 2.79. The zero-order valence-electron chi connectivity index (χ0n) is 10.3. The maximum absolute atomic E-state index is 12.3. The van der Waals surface area contributed by atoms with Crippen LogP contribution in [0.4, 0.5) is 0 Å². The normalized spacial score (nSPS) is 12.5. The molecular weight excluding hydrogens is 366 g/mol. The zero-order chi connectivity index (χ0) is 13.0. The summed E-state index contributed by atoms with van der Waals surface area (Å²) in [5.74, 6) is 0.676. The fourth-order valence-corrected chi connectivity index (χ4v) is 3.47. The van der Waals surface area contributed by atoms with Gasteiger partial charge in [0, 0.05) is 17.6 Å². The van der Waals surface area contributed by atoms with E-state index in [1.807, 2.05) is 17.9 Å². The highest BCUT2D eigenvalue weighted by atomic mass is 79.9. The molecule has 0 spiro atoms. The molecule has 5 heteroatoms. The summed E-state index contributed by atoms with van der Waals surface area (Å²) < 4.78 is 1.92. The summed E-state index contributed by atoms with van der Waals surface area (Å²) in [5.41, 5.74) is 0. The van der Waals surface area contributed by atoms with Crippen LogP contribution in [0.3, 0.4) is 0 Å². The number of rotatable bonds is 5. The van der Waals surface area contributed by atoms with Crippen molar-refractivity contribution in [2.75, 3.05) is 13.1 Å². The summed E-state index contributed by atoms with van der Waals surface area (Å²) in [5, 5.41) is 0. The SMILES string of the molecule is CCC(C)CN(CC)C(=O)c1cc(Br)c(Br)s1. The second-order valence-corrected chi connectivity index (χ2v) is 7.31. The Hall–Kier alpha value is 0.130. The van der Waals surface area contributed by atoms with Crippen LogP contribution in [0.1, 0.15) is 36.9 Å². The molecule has 0 aliphatic carbocycles. The largest absolute Gasteiger partial charge is 0.338 e. The lowest BCUT2D eigenvalue weighted by molar-refractivity contribution is 0.0745. The first-order valence-corrected chi connectivity index (χ1v) is 8.13. The average molecular weight is 383 g/mol. The van der Waals surface area contributed by atoms with Crippen molar-refractivity contribution in [1.29, 1.82) is 0 Å². The van der Waals surface area contributed by atoms with E-state index in [1.54, 1.807) is 0 Å². The Kier molecular flexibility index (Phi) is 6.17. The maximum Gasteiger partial charge on any atom is 0.263 e. The van der Waals surface area contributed by atoms with E-state index in [0.717, 1.165) is 32.6 Å². The van der Waals surface area contributed by atoms with Crippen LogP contribution in [-0.2, 0) is 0 Å². The third-order valence-electron chi connectivity index (χ3n) is 2.75. The zero-order valence-corrected chi connectivity index (χ0v) is 14.3. The van der Waals surface area contributed by atoms with E-state index in [2.05, 4.69) is 45.7 Å². The van der Waals surface area contributed by atoms with Gasteiger partial charge in [-0.05, 0) is 50.8 Å². The lowest BCUT2D eigenvalue weighted by Crippen LogP contribution is -2.34. The lowest BCUT2D eigenvalue weighted by Gasteiger charge is -2.23. The minimum Gasteiger partial charge on any atom is -0.338 e. The van der Waals surface area contributed by atoms with Crippen LogP contribution in [0.25, 0.3) is 0 Å². The van der Waals surface area contributed by atoms with Gasteiger partial charge in [-0.2, -0.15) is 0 Å². The van der Waals surface area contributed by atoms with Crippen LogP contribution in [0.2, 0.25) is 0 Å². The Morgan fingerprint density at radius 2 is 2.12 bits per heavy atom. The second-order valence-electron chi connectivity index (χ2n) is 4.09. The van der Waals surface area contributed by atoms with Gasteiger partial charge in [-0.1, -0.05) is 20.3 Å². The van der Waals surface area contributed by atoms with Crippen LogP contribution in [0.5, 0.6) is 0 Å². The van der Waals surface area contributed by atoms with E-state index in [-0.39, 0.29) is 5.91 Å². The number of hydrogen-bond donors (Lipinski definition) is 0. The Morgan fingerprint density at radius 1 is 1.47 bits per heavy atom. The molecule has 0 aliphatic heterocycles. The van der Waals surface area contributed by atoms with Gasteiger partial charge in [-0.15, -0.1) is 11.3 Å². The molecule has 1 atom stereocenters. The first-order valence-electron chi connectivity index (χ1n) is 5.73. The van der Waals surface area contributed by atoms with Crippen molar-refractivity contribution in [3.05, 3.63) is 19.2 Å². The molecule has 17 heavy (non-hydrogen) atoms. The van der Waals surface area contributed by atoms with Crippen LogP contribution in [0.15, 0.2) is 14.3 Å². The van der Waals surface area contributed by atoms with Crippen molar-refractivity contribution in [2.24, 2.45) is 5.92 Å². The van der Waals surface area contributed by atoms with E-state index in [0.29, 0.717) is 5.92 Å². The number of carbonyl (C=O) groups is 1. The van der Waals surface area contributed by atoms with Crippen molar-refractivity contribution < 1.29 is 4.79 Å². The van der Waals surface area contributed by atoms with Gasteiger partial charge in [-0.3, -0.25) is 4.79 Å². The number of carbonyl (C=O) groups excluding carboxylic acids is 1. The first-order chi connectivity index (χ1) is 7.99. The van der Waals surface area contributed by atoms with Gasteiger partial charge in [-0.25, -0.2) is 0 Å². The Morgan fingerprint density at radius 3 is 2.53 bits per heavy atom. The highest BCUT2D eigenvalue weighted by Gasteiger charge is 2.19.